The Morgan fingerprint density at radius 2 is 1.27 bits per heavy atom. The van der Waals surface area contributed by atoms with Crippen molar-refractivity contribution in [3.05, 3.63) is 71.8 Å². The maximum absolute atomic E-state index is 7.43. The first-order valence-electron chi connectivity index (χ1n) is 15.5. The molecule has 41 heavy (non-hydrogen) atoms. The summed E-state index contributed by atoms with van der Waals surface area (Å²) in [5.41, 5.74) is 2.22. The summed E-state index contributed by atoms with van der Waals surface area (Å²) in [6.07, 6.45) is 3.79. The van der Waals surface area contributed by atoms with Crippen LogP contribution < -0.4 is 0 Å². The molecule has 0 amide bonds. The average Bonchev–Trinajstić information content (AvgIpc) is 3.07. The standard InChI is InChI=1S/C34H50O6Si/c1-33(2,3)41(34(4,5)6)37-24-28-29(35-22-25-16-10-7-11-17-25)30(40-41)31(36-23-26-18-12-8-13-19-26)32(39-28)38-27-20-14-9-15-21-27/h7-8,10-13,16-19,27-32H,9,14-15,20-24H2,1-6H3/t28-,29-,30+,31-,32-/m1/s1. The van der Waals surface area contributed by atoms with Crippen molar-refractivity contribution in [3.8, 4) is 0 Å². The molecule has 1 aliphatic carbocycles. The third kappa shape index (κ3) is 6.98. The molecule has 5 rings (SSSR count). The molecule has 2 aliphatic heterocycles. The maximum atomic E-state index is 7.43. The van der Waals surface area contributed by atoms with Crippen LogP contribution in [0.15, 0.2) is 60.7 Å². The van der Waals surface area contributed by atoms with E-state index in [0.29, 0.717) is 19.8 Å². The number of fused-ring (bicyclic) bond motifs is 2. The van der Waals surface area contributed by atoms with Gasteiger partial charge in [-0.05, 0) is 24.0 Å². The van der Waals surface area contributed by atoms with Crippen LogP contribution in [-0.2, 0) is 41.0 Å². The fraction of sp³-hybridized carbons (Fsp3) is 0.647. The Morgan fingerprint density at radius 3 is 1.80 bits per heavy atom. The van der Waals surface area contributed by atoms with Crippen molar-refractivity contribution in [1.29, 1.82) is 0 Å². The zero-order valence-corrected chi connectivity index (χ0v) is 26.8. The molecular formula is C34H50O6Si. The van der Waals surface area contributed by atoms with E-state index in [0.717, 1.165) is 24.0 Å². The minimum absolute atomic E-state index is 0.161. The third-order valence-electron chi connectivity index (χ3n) is 8.77. The average molecular weight is 583 g/mol. The predicted molar refractivity (Wildman–Crippen MR) is 163 cm³/mol. The summed E-state index contributed by atoms with van der Waals surface area (Å²) in [7, 11) is -2.90. The van der Waals surface area contributed by atoms with Crippen molar-refractivity contribution in [3.63, 3.8) is 0 Å². The first kappa shape index (κ1) is 30.9. The van der Waals surface area contributed by atoms with E-state index < -0.39 is 27.1 Å². The van der Waals surface area contributed by atoms with Crippen LogP contribution in [-0.4, -0.2) is 52.0 Å². The molecule has 0 aromatic heterocycles. The molecule has 226 valence electrons. The molecule has 6 nitrogen and oxygen atoms in total. The Morgan fingerprint density at radius 1 is 0.732 bits per heavy atom. The Hall–Kier alpha value is -1.58. The second-order valence-electron chi connectivity index (χ2n) is 14.0. The highest BCUT2D eigenvalue weighted by molar-refractivity contribution is 6.73. The van der Waals surface area contributed by atoms with Gasteiger partial charge in [0.25, 0.3) is 0 Å². The summed E-state index contributed by atoms with van der Waals surface area (Å²) in [6.45, 7) is 14.8. The van der Waals surface area contributed by atoms with Crippen molar-refractivity contribution in [2.45, 2.75) is 134 Å². The summed E-state index contributed by atoms with van der Waals surface area (Å²) >= 11 is 0. The molecule has 7 heteroatoms. The van der Waals surface area contributed by atoms with Crippen LogP contribution >= 0.6 is 0 Å². The third-order valence-corrected chi connectivity index (χ3v) is 13.9. The van der Waals surface area contributed by atoms with E-state index in [1.807, 2.05) is 36.4 Å². The van der Waals surface area contributed by atoms with E-state index in [9.17, 15) is 0 Å². The minimum Gasteiger partial charge on any atom is -0.391 e. The van der Waals surface area contributed by atoms with Crippen LogP contribution in [0.4, 0.5) is 0 Å². The second kappa shape index (κ2) is 13.0. The molecule has 2 aromatic carbocycles. The number of hydrogen-bond donors (Lipinski definition) is 0. The summed E-state index contributed by atoms with van der Waals surface area (Å²) in [5.74, 6) is 0. The Kier molecular flexibility index (Phi) is 9.76. The molecule has 2 heterocycles. The van der Waals surface area contributed by atoms with E-state index in [2.05, 4.69) is 65.8 Å². The van der Waals surface area contributed by atoms with Gasteiger partial charge in [0.15, 0.2) is 6.29 Å². The van der Waals surface area contributed by atoms with Crippen molar-refractivity contribution in [2.24, 2.45) is 0 Å². The van der Waals surface area contributed by atoms with E-state index >= 15 is 0 Å². The molecule has 0 radical (unpaired) electrons. The highest BCUT2D eigenvalue weighted by atomic mass is 28.4. The lowest BCUT2D eigenvalue weighted by atomic mass is 9.96. The summed E-state index contributed by atoms with van der Waals surface area (Å²) < 4.78 is 41.4. The lowest BCUT2D eigenvalue weighted by molar-refractivity contribution is -0.320. The molecule has 2 saturated heterocycles. The number of ether oxygens (including phenoxy) is 4. The van der Waals surface area contributed by atoms with Gasteiger partial charge in [-0.25, -0.2) is 0 Å². The van der Waals surface area contributed by atoms with Crippen LogP contribution in [0.2, 0.25) is 10.1 Å². The van der Waals surface area contributed by atoms with E-state index in [1.165, 1.54) is 19.3 Å². The maximum Gasteiger partial charge on any atom is 0.349 e. The lowest BCUT2D eigenvalue weighted by Crippen LogP contribution is -2.64. The fourth-order valence-corrected chi connectivity index (χ4v) is 11.8. The molecular weight excluding hydrogens is 532 g/mol. The van der Waals surface area contributed by atoms with Gasteiger partial charge in [-0.2, -0.15) is 0 Å². The van der Waals surface area contributed by atoms with Crippen molar-refractivity contribution in [1.82, 2.24) is 0 Å². The highest BCUT2D eigenvalue weighted by Crippen LogP contribution is 2.55. The van der Waals surface area contributed by atoms with Gasteiger partial charge in [0.1, 0.15) is 24.4 Å². The van der Waals surface area contributed by atoms with Crippen molar-refractivity contribution >= 4 is 8.56 Å². The van der Waals surface area contributed by atoms with Crippen LogP contribution in [0.5, 0.6) is 0 Å². The second-order valence-corrected chi connectivity index (χ2v) is 18.7. The quantitative estimate of drug-likeness (QED) is 0.298. The van der Waals surface area contributed by atoms with Gasteiger partial charge in [-0.3, -0.25) is 0 Å². The van der Waals surface area contributed by atoms with Crippen LogP contribution in [0.1, 0.15) is 84.8 Å². The number of benzene rings is 2. The zero-order valence-electron chi connectivity index (χ0n) is 25.8. The van der Waals surface area contributed by atoms with Gasteiger partial charge in [0.2, 0.25) is 0 Å². The molecule has 0 spiro atoms. The smallest absolute Gasteiger partial charge is 0.349 e. The van der Waals surface area contributed by atoms with E-state index in [-0.39, 0.29) is 28.4 Å². The molecule has 1 saturated carbocycles. The van der Waals surface area contributed by atoms with Gasteiger partial charge in [0, 0.05) is 10.1 Å². The van der Waals surface area contributed by atoms with Gasteiger partial charge in [-0.15, -0.1) is 0 Å². The SMILES string of the molecule is CC(C)(C)[Si]1(C(C)(C)C)OC[C@H]2O[C@@H](OC3CCCCC3)[C@H](OCc3ccccc3)[C@@H](O1)[C@@H]2OCc1ccccc1. The van der Waals surface area contributed by atoms with Gasteiger partial charge in [0.05, 0.1) is 25.9 Å². The first-order chi connectivity index (χ1) is 19.6. The Bertz CT molecular complexity index is 1060. The molecule has 2 bridgehead atoms. The zero-order chi connectivity index (χ0) is 29.1. The molecule has 0 unspecified atom stereocenters. The summed E-state index contributed by atoms with van der Waals surface area (Å²) in [5, 5.41) is -0.396. The van der Waals surface area contributed by atoms with E-state index in [4.69, 9.17) is 27.8 Å². The van der Waals surface area contributed by atoms with Crippen LogP contribution in [0.3, 0.4) is 0 Å². The molecule has 2 aromatic rings. The van der Waals surface area contributed by atoms with Crippen LogP contribution in [0.25, 0.3) is 0 Å². The van der Waals surface area contributed by atoms with Crippen molar-refractivity contribution < 1.29 is 27.8 Å². The van der Waals surface area contributed by atoms with Crippen LogP contribution in [0, 0.1) is 0 Å². The molecule has 3 aliphatic rings. The van der Waals surface area contributed by atoms with E-state index in [1.54, 1.807) is 0 Å². The monoisotopic (exact) mass is 582 g/mol. The number of hydrogen-bond acceptors (Lipinski definition) is 6. The fourth-order valence-electron chi connectivity index (χ4n) is 6.89. The molecule has 3 fully saturated rings. The summed E-state index contributed by atoms with van der Waals surface area (Å²) in [4.78, 5) is 0. The molecule has 5 atom stereocenters. The van der Waals surface area contributed by atoms with Gasteiger partial charge < -0.3 is 27.8 Å². The molecule has 0 N–H and O–H groups in total. The Labute approximate surface area is 248 Å². The van der Waals surface area contributed by atoms with Gasteiger partial charge >= 0.3 is 8.56 Å². The minimum atomic E-state index is -2.90. The highest BCUT2D eigenvalue weighted by Gasteiger charge is 2.65. The summed E-state index contributed by atoms with van der Waals surface area (Å²) in [6, 6.07) is 20.6. The predicted octanol–water partition coefficient (Wildman–Crippen LogP) is 7.69. The number of rotatable bonds is 8. The van der Waals surface area contributed by atoms with Crippen molar-refractivity contribution in [2.75, 3.05) is 6.61 Å². The van der Waals surface area contributed by atoms with Gasteiger partial charge in [-0.1, -0.05) is 121 Å². The largest absolute Gasteiger partial charge is 0.391 e. The first-order valence-corrected chi connectivity index (χ1v) is 17.3. The topological polar surface area (TPSA) is 55.4 Å². The lowest BCUT2D eigenvalue weighted by Gasteiger charge is -2.51. The normalized spacial score (nSPS) is 29.2. The Balaban J connectivity index is 1.51.